The van der Waals surface area contributed by atoms with Crippen LogP contribution in [0.15, 0.2) is 18.2 Å². The zero-order valence-electron chi connectivity index (χ0n) is 12.1. The van der Waals surface area contributed by atoms with E-state index in [9.17, 15) is 0 Å². The second kappa shape index (κ2) is 4.97. The molecule has 0 spiro atoms. The van der Waals surface area contributed by atoms with Crippen LogP contribution in [-0.4, -0.2) is 15.6 Å². The van der Waals surface area contributed by atoms with Crippen molar-refractivity contribution in [1.29, 1.82) is 0 Å². The maximum absolute atomic E-state index is 4.77. The highest BCUT2D eigenvalue weighted by molar-refractivity contribution is 5.77. The van der Waals surface area contributed by atoms with E-state index in [1.807, 2.05) is 0 Å². The van der Waals surface area contributed by atoms with E-state index in [0.29, 0.717) is 5.92 Å². The molecule has 1 aromatic carbocycles. The third-order valence-corrected chi connectivity index (χ3v) is 4.20. The Morgan fingerprint density at radius 1 is 1.37 bits per heavy atom. The molecule has 3 nitrogen and oxygen atoms in total. The van der Waals surface area contributed by atoms with E-state index < -0.39 is 0 Å². The molecule has 3 heteroatoms. The van der Waals surface area contributed by atoms with Crippen LogP contribution in [0.5, 0.6) is 0 Å². The number of aromatic nitrogens is 2. The quantitative estimate of drug-likeness (QED) is 0.910. The number of nitrogens with one attached hydrogen (secondary N) is 1. The van der Waals surface area contributed by atoms with E-state index in [4.69, 9.17) is 4.98 Å². The predicted octanol–water partition coefficient (Wildman–Crippen LogP) is 3.34. The van der Waals surface area contributed by atoms with Crippen LogP contribution in [0.3, 0.4) is 0 Å². The Morgan fingerprint density at radius 2 is 2.16 bits per heavy atom. The minimum Gasteiger partial charge on any atom is -0.331 e. The first-order valence-corrected chi connectivity index (χ1v) is 7.34. The second-order valence-electron chi connectivity index (χ2n) is 6.02. The highest BCUT2D eigenvalue weighted by Crippen LogP contribution is 2.22. The molecule has 102 valence electrons. The number of hydrogen-bond acceptors (Lipinski definition) is 2. The molecule has 0 atom stereocenters. The Labute approximate surface area is 115 Å². The Balaban J connectivity index is 1.83. The molecule has 0 amide bonds. The number of imidazole rings is 1. The van der Waals surface area contributed by atoms with Gasteiger partial charge >= 0.3 is 0 Å². The summed E-state index contributed by atoms with van der Waals surface area (Å²) < 4.78 is 2.21. The van der Waals surface area contributed by atoms with E-state index in [-0.39, 0.29) is 0 Å². The number of rotatable bonds is 4. The van der Waals surface area contributed by atoms with Crippen LogP contribution in [0.25, 0.3) is 11.0 Å². The Kier molecular flexibility index (Phi) is 3.31. The third kappa shape index (κ3) is 2.39. The maximum Gasteiger partial charge on any atom is 0.112 e. The molecule has 1 aliphatic rings. The van der Waals surface area contributed by atoms with Gasteiger partial charge in [-0.05, 0) is 30.5 Å². The van der Waals surface area contributed by atoms with Crippen LogP contribution < -0.4 is 5.32 Å². The first-order chi connectivity index (χ1) is 9.15. The molecule has 0 bridgehead atoms. The van der Waals surface area contributed by atoms with Crippen molar-refractivity contribution in [2.75, 3.05) is 0 Å². The summed E-state index contributed by atoms with van der Waals surface area (Å²) in [7, 11) is 2.11. The largest absolute Gasteiger partial charge is 0.331 e. The van der Waals surface area contributed by atoms with Gasteiger partial charge in [-0.3, -0.25) is 0 Å². The van der Waals surface area contributed by atoms with Gasteiger partial charge in [0.15, 0.2) is 0 Å². The summed E-state index contributed by atoms with van der Waals surface area (Å²) in [6, 6.07) is 7.39. The van der Waals surface area contributed by atoms with Gasteiger partial charge in [-0.25, -0.2) is 4.98 Å². The number of benzene rings is 1. The highest BCUT2D eigenvalue weighted by atomic mass is 15.1. The lowest BCUT2D eigenvalue weighted by Crippen LogP contribution is -2.34. The standard InChI is InChI=1S/C16H23N3/c1-11(2)16-18-14-9-12(7-8-15(14)19(16)3)10-17-13-5-4-6-13/h7-9,11,13,17H,4-6,10H2,1-3H3. The van der Waals surface area contributed by atoms with E-state index in [1.54, 1.807) is 0 Å². The predicted molar refractivity (Wildman–Crippen MR) is 79.3 cm³/mol. The van der Waals surface area contributed by atoms with Crippen molar-refractivity contribution in [2.24, 2.45) is 7.05 Å². The van der Waals surface area contributed by atoms with Gasteiger partial charge in [-0.2, -0.15) is 0 Å². The van der Waals surface area contributed by atoms with Crippen LogP contribution in [0.1, 0.15) is 50.4 Å². The Morgan fingerprint density at radius 3 is 2.79 bits per heavy atom. The van der Waals surface area contributed by atoms with Crippen LogP contribution >= 0.6 is 0 Å². The summed E-state index contributed by atoms with van der Waals surface area (Å²) in [5.41, 5.74) is 3.70. The monoisotopic (exact) mass is 257 g/mol. The summed E-state index contributed by atoms with van der Waals surface area (Å²) >= 11 is 0. The van der Waals surface area contributed by atoms with Crippen molar-refractivity contribution in [1.82, 2.24) is 14.9 Å². The molecule has 1 fully saturated rings. The van der Waals surface area contributed by atoms with Crippen LogP contribution in [0.4, 0.5) is 0 Å². The van der Waals surface area contributed by atoms with Gasteiger partial charge in [-0.15, -0.1) is 0 Å². The fourth-order valence-electron chi connectivity index (χ4n) is 2.76. The van der Waals surface area contributed by atoms with Gasteiger partial charge in [0.25, 0.3) is 0 Å². The molecule has 2 aromatic rings. The van der Waals surface area contributed by atoms with E-state index in [0.717, 1.165) is 18.1 Å². The van der Waals surface area contributed by atoms with Crippen LogP contribution in [-0.2, 0) is 13.6 Å². The molecule has 0 aliphatic heterocycles. The lowest BCUT2D eigenvalue weighted by molar-refractivity contribution is 0.338. The average Bonchev–Trinajstić information content (AvgIpc) is 2.65. The van der Waals surface area contributed by atoms with E-state index >= 15 is 0 Å². The molecular formula is C16H23N3. The molecule has 1 aliphatic carbocycles. The molecule has 1 aromatic heterocycles. The number of fused-ring (bicyclic) bond motifs is 1. The third-order valence-electron chi connectivity index (χ3n) is 4.20. The van der Waals surface area contributed by atoms with Crippen LogP contribution in [0, 0.1) is 0 Å². The van der Waals surface area contributed by atoms with Gasteiger partial charge < -0.3 is 9.88 Å². The van der Waals surface area contributed by atoms with Gasteiger partial charge in [0.2, 0.25) is 0 Å². The SMILES string of the molecule is CC(C)c1nc2cc(CNC3CCC3)ccc2n1C. The van der Waals surface area contributed by atoms with Gasteiger partial charge in [0.1, 0.15) is 5.82 Å². The Bertz CT molecular complexity index is 579. The molecule has 1 saturated carbocycles. The zero-order chi connectivity index (χ0) is 13.4. The van der Waals surface area contributed by atoms with Crippen LogP contribution in [0.2, 0.25) is 0 Å². The molecule has 3 rings (SSSR count). The average molecular weight is 257 g/mol. The molecule has 0 radical (unpaired) electrons. The first-order valence-electron chi connectivity index (χ1n) is 7.34. The summed E-state index contributed by atoms with van der Waals surface area (Å²) in [6.07, 6.45) is 4.06. The topological polar surface area (TPSA) is 29.9 Å². The minimum atomic E-state index is 0.467. The Hall–Kier alpha value is -1.35. The minimum absolute atomic E-state index is 0.467. The number of hydrogen-bond donors (Lipinski definition) is 1. The zero-order valence-corrected chi connectivity index (χ0v) is 12.1. The molecule has 0 saturated heterocycles. The summed E-state index contributed by atoms with van der Waals surface area (Å²) in [5.74, 6) is 1.63. The molecule has 1 N–H and O–H groups in total. The number of aryl methyl sites for hydroxylation is 1. The highest BCUT2D eigenvalue weighted by Gasteiger charge is 2.16. The summed E-state index contributed by atoms with van der Waals surface area (Å²) in [4.78, 5) is 4.77. The van der Waals surface area contributed by atoms with Crippen molar-refractivity contribution < 1.29 is 0 Å². The lowest BCUT2D eigenvalue weighted by Gasteiger charge is -2.26. The summed E-state index contributed by atoms with van der Waals surface area (Å²) in [5, 5.41) is 3.61. The molecule has 0 unspecified atom stereocenters. The lowest BCUT2D eigenvalue weighted by atomic mass is 9.93. The number of nitrogens with zero attached hydrogens (tertiary/aromatic N) is 2. The molecule has 19 heavy (non-hydrogen) atoms. The maximum atomic E-state index is 4.77. The first kappa shape index (κ1) is 12.7. The van der Waals surface area contributed by atoms with Crippen molar-refractivity contribution in [2.45, 2.75) is 51.6 Å². The van der Waals surface area contributed by atoms with Gasteiger partial charge in [0, 0.05) is 25.6 Å². The fourth-order valence-corrected chi connectivity index (χ4v) is 2.76. The van der Waals surface area contributed by atoms with Crippen molar-refractivity contribution >= 4 is 11.0 Å². The molecular weight excluding hydrogens is 234 g/mol. The molecule has 1 heterocycles. The van der Waals surface area contributed by atoms with Gasteiger partial charge in [0.05, 0.1) is 11.0 Å². The smallest absolute Gasteiger partial charge is 0.112 e. The van der Waals surface area contributed by atoms with E-state index in [1.165, 1.54) is 36.2 Å². The van der Waals surface area contributed by atoms with Crippen molar-refractivity contribution in [3.05, 3.63) is 29.6 Å². The van der Waals surface area contributed by atoms with Crippen molar-refractivity contribution in [3.8, 4) is 0 Å². The normalized spacial score (nSPS) is 16.2. The summed E-state index contributed by atoms with van der Waals surface area (Å²) in [6.45, 7) is 5.36. The van der Waals surface area contributed by atoms with Crippen molar-refractivity contribution in [3.63, 3.8) is 0 Å². The van der Waals surface area contributed by atoms with Gasteiger partial charge in [-0.1, -0.05) is 26.3 Å². The fraction of sp³-hybridized carbons (Fsp3) is 0.562. The second-order valence-corrected chi connectivity index (χ2v) is 6.02. The van der Waals surface area contributed by atoms with E-state index in [2.05, 4.69) is 49.0 Å².